The number of furan rings is 1. The zero-order valence-electron chi connectivity index (χ0n) is 13.3. The molecule has 0 fully saturated rings. The van der Waals surface area contributed by atoms with Crippen molar-refractivity contribution in [1.29, 1.82) is 0 Å². The van der Waals surface area contributed by atoms with E-state index in [9.17, 15) is 0 Å². The van der Waals surface area contributed by atoms with Gasteiger partial charge in [-0.25, -0.2) is 4.98 Å². The molecule has 1 N–H and O–H groups in total. The van der Waals surface area contributed by atoms with Gasteiger partial charge in [0.25, 0.3) is 0 Å². The summed E-state index contributed by atoms with van der Waals surface area (Å²) in [5.41, 5.74) is 1.56. The second-order valence-electron chi connectivity index (χ2n) is 6.60. The van der Waals surface area contributed by atoms with Crippen molar-refractivity contribution < 1.29 is 4.42 Å². The standard InChI is InChI=1S/C17H24N2OS/c1-5-11-7-8-14(20-11)16-19-13-10-17(3,4)9-12(18-6-2)15(13)21-16/h7-8,12,18H,5-6,9-10H2,1-4H3. The van der Waals surface area contributed by atoms with Crippen LogP contribution >= 0.6 is 11.3 Å². The van der Waals surface area contributed by atoms with E-state index in [1.54, 1.807) is 11.3 Å². The van der Waals surface area contributed by atoms with Crippen LogP contribution in [0.15, 0.2) is 16.5 Å². The number of thiazole rings is 1. The Hall–Kier alpha value is -1.13. The quantitative estimate of drug-likeness (QED) is 0.898. The topological polar surface area (TPSA) is 38.1 Å². The summed E-state index contributed by atoms with van der Waals surface area (Å²) < 4.78 is 5.87. The summed E-state index contributed by atoms with van der Waals surface area (Å²) in [5.74, 6) is 1.95. The van der Waals surface area contributed by atoms with E-state index in [-0.39, 0.29) is 0 Å². The van der Waals surface area contributed by atoms with Crippen molar-refractivity contribution in [1.82, 2.24) is 10.3 Å². The average molecular weight is 304 g/mol. The Morgan fingerprint density at radius 1 is 1.38 bits per heavy atom. The minimum atomic E-state index is 0.308. The number of fused-ring (bicyclic) bond motifs is 1. The highest BCUT2D eigenvalue weighted by Crippen LogP contribution is 2.44. The fourth-order valence-corrected chi connectivity index (χ4v) is 4.25. The molecule has 3 rings (SSSR count). The van der Waals surface area contributed by atoms with Crippen molar-refractivity contribution in [2.45, 2.75) is 53.0 Å². The first-order chi connectivity index (χ1) is 10.0. The van der Waals surface area contributed by atoms with Gasteiger partial charge in [0.2, 0.25) is 0 Å². The highest BCUT2D eigenvalue weighted by atomic mass is 32.1. The molecule has 4 heteroatoms. The third-order valence-electron chi connectivity index (χ3n) is 4.12. The van der Waals surface area contributed by atoms with Crippen LogP contribution in [0.1, 0.15) is 56.5 Å². The molecule has 114 valence electrons. The molecule has 2 heterocycles. The van der Waals surface area contributed by atoms with E-state index in [1.807, 2.05) is 0 Å². The fraction of sp³-hybridized carbons (Fsp3) is 0.588. The van der Waals surface area contributed by atoms with Crippen LogP contribution in [0.5, 0.6) is 0 Å². The van der Waals surface area contributed by atoms with E-state index in [2.05, 4.69) is 45.1 Å². The lowest BCUT2D eigenvalue weighted by Gasteiger charge is -2.34. The number of nitrogens with one attached hydrogen (secondary N) is 1. The first-order valence-corrected chi connectivity index (χ1v) is 8.66. The van der Waals surface area contributed by atoms with Gasteiger partial charge >= 0.3 is 0 Å². The lowest BCUT2D eigenvalue weighted by molar-refractivity contribution is 0.260. The Morgan fingerprint density at radius 3 is 2.86 bits per heavy atom. The molecule has 0 amide bonds. The van der Waals surface area contributed by atoms with E-state index >= 15 is 0 Å². The summed E-state index contributed by atoms with van der Waals surface area (Å²) in [5, 5.41) is 4.65. The van der Waals surface area contributed by atoms with Gasteiger partial charge in [-0.15, -0.1) is 11.3 Å². The third-order valence-corrected chi connectivity index (χ3v) is 5.34. The lowest BCUT2D eigenvalue weighted by atomic mass is 9.76. The maximum Gasteiger partial charge on any atom is 0.162 e. The SMILES string of the molecule is CCNC1CC(C)(C)Cc2nc(-c3ccc(CC)o3)sc21. The highest BCUT2D eigenvalue weighted by molar-refractivity contribution is 7.15. The molecule has 0 radical (unpaired) electrons. The Labute approximate surface area is 130 Å². The van der Waals surface area contributed by atoms with Crippen molar-refractivity contribution in [3.05, 3.63) is 28.5 Å². The average Bonchev–Trinajstić information content (AvgIpc) is 3.03. The Bertz CT molecular complexity index is 627. The smallest absolute Gasteiger partial charge is 0.162 e. The van der Waals surface area contributed by atoms with Crippen LogP contribution in [0.25, 0.3) is 10.8 Å². The van der Waals surface area contributed by atoms with E-state index in [4.69, 9.17) is 9.40 Å². The van der Waals surface area contributed by atoms with Crippen molar-refractivity contribution in [3.8, 4) is 10.8 Å². The summed E-state index contributed by atoms with van der Waals surface area (Å²) in [4.78, 5) is 6.28. The van der Waals surface area contributed by atoms with Gasteiger partial charge in [-0.3, -0.25) is 0 Å². The summed E-state index contributed by atoms with van der Waals surface area (Å²) in [6, 6.07) is 4.54. The molecular weight excluding hydrogens is 280 g/mol. The van der Waals surface area contributed by atoms with Gasteiger partial charge in [0.05, 0.1) is 5.69 Å². The van der Waals surface area contributed by atoms with Crippen LogP contribution < -0.4 is 5.32 Å². The number of nitrogens with zero attached hydrogens (tertiary/aromatic N) is 1. The van der Waals surface area contributed by atoms with Crippen LogP contribution in [0.2, 0.25) is 0 Å². The normalized spacial score (nSPS) is 20.5. The third kappa shape index (κ3) is 2.92. The number of aromatic nitrogens is 1. The van der Waals surface area contributed by atoms with Crippen molar-refractivity contribution >= 4 is 11.3 Å². The van der Waals surface area contributed by atoms with E-state index in [0.29, 0.717) is 11.5 Å². The molecule has 0 bridgehead atoms. The molecule has 3 nitrogen and oxygen atoms in total. The monoisotopic (exact) mass is 304 g/mol. The highest BCUT2D eigenvalue weighted by Gasteiger charge is 2.35. The van der Waals surface area contributed by atoms with Gasteiger partial charge in [0.15, 0.2) is 10.8 Å². The van der Waals surface area contributed by atoms with Crippen molar-refractivity contribution in [2.24, 2.45) is 5.41 Å². The maximum atomic E-state index is 5.87. The molecule has 1 aliphatic rings. The second kappa shape index (κ2) is 5.58. The van der Waals surface area contributed by atoms with Crippen LogP contribution in [0, 0.1) is 5.41 Å². The Kier molecular flexibility index (Phi) is 3.93. The van der Waals surface area contributed by atoms with E-state index in [0.717, 1.165) is 35.9 Å². The molecule has 1 atom stereocenters. The molecule has 0 aliphatic heterocycles. The number of hydrogen-bond acceptors (Lipinski definition) is 4. The molecule has 1 unspecified atom stereocenters. The summed E-state index contributed by atoms with van der Waals surface area (Å²) >= 11 is 1.79. The molecular formula is C17H24N2OS. The minimum Gasteiger partial charge on any atom is -0.459 e. The fourth-order valence-electron chi connectivity index (χ4n) is 3.13. The van der Waals surface area contributed by atoms with Crippen LogP contribution in [0.4, 0.5) is 0 Å². The first kappa shape index (κ1) is 14.8. The van der Waals surface area contributed by atoms with Crippen LogP contribution in [-0.4, -0.2) is 11.5 Å². The summed E-state index contributed by atoms with van der Waals surface area (Å²) in [6.07, 6.45) is 3.16. The predicted octanol–water partition coefficient (Wildman–Crippen LogP) is 4.59. The summed E-state index contributed by atoms with van der Waals surface area (Å²) in [7, 11) is 0. The zero-order chi connectivity index (χ0) is 15.0. The first-order valence-electron chi connectivity index (χ1n) is 7.84. The zero-order valence-corrected chi connectivity index (χ0v) is 14.1. The van der Waals surface area contributed by atoms with E-state index in [1.165, 1.54) is 17.0 Å². The Morgan fingerprint density at radius 2 is 2.19 bits per heavy atom. The van der Waals surface area contributed by atoms with Gasteiger partial charge in [0.1, 0.15) is 5.76 Å². The molecule has 1 aliphatic carbocycles. The van der Waals surface area contributed by atoms with Gasteiger partial charge < -0.3 is 9.73 Å². The molecule has 0 saturated heterocycles. The Balaban J connectivity index is 1.97. The van der Waals surface area contributed by atoms with Gasteiger partial charge in [-0.2, -0.15) is 0 Å². The van der Waals surface area contributed by atoms with Crippen molar-refractivity contribution in [3.63, 3.8) is 0 Å². The second-order valence-corrected chi connectivity index (χ2v) is 7.64. The number of aryl methyl sites for hydroxylation is 1. The molecule has 0 saturated carbocycles. The van der Waals surface area contributed by atoms with Crippen molar-refractivity contribution in [2.75, 3.05) is 6.54 Å². The maximum absolute atomic E-state index is 5.87. The number of rotatable bonds is 4. The predicted molar refractivity (Wildman–Crippen MR) is 87.7 cm³/mol. The lowest BCUT2D eigenvalue weighted by Crippen LogP contribution is -2.32. The number of hydrogen-bond donors (Lipinski definition) is 1. The van der Waals surface area contributed by atoms with Gasteiger partial charge in [-0.05, 0) is 36.9 Å². The molecule has 21 heavy (non-hydrogen) atoms. The molecule has 0 spiro atoms. The molecule has 2 aromatic heterocycles. The van der Waals surface area contributed by atoms with Crippen LogP contribution in [0.3, 0.4) is 0 Å². The molecule has 0 aromatic carbocycles. The summed E-state index contributed by atoms with van der Waals surface area (Å²) in [6.45, 7) is 9.94. The largest absolute Gasteiger partial charge is 0.459 e. The van der Waals surface area contributed by atoms with Gasteiger partial charge in [0, 0.05) is 17.3 Å². The van der Waals surface area contributed by atoms with Crippen LogP contribution in [-0.2, 0) is 12.8 Å². The van der Waals surface area contributed by atoms with E-state index < -0.39 is 0 Å². The minimum absolute atomic E-state index is 0.308. The molecule has 2 aromatic rings. The van der Waals surface area contributed by atoms with Gasteiger partial charge in [-0.1, -0.05) is 27.7 Å².